The topological polar surface area (TPSA) is 70.8 Å². The summed E-state index contributed by atoms with van der Waals surface area (Å²) in [5, 5.41) is 3.28. The zero-order valence-corrected chi connectivity index (χ0v) is 5.93. The van der Waals surface area contributed by atoms with Crippen LogP contribution in [0.15, 0.2) is 28.2 Å². The third kappa shape index (κ3) is 1.59. The van der Waals surface area contributed by atoms with Crippen LogP contribution in [0.2, 0.25) is 0 Å². The molecule has 1 heterocycles. The van der Waals surface area contributed by atoms with Crippen LogP contribution in [0, 0.1) is 0 Å². The molecule has 0 N–H and O–H groups in total. The van der Waals surface area contributed by atoms with Crippen LogP contribution < -0.4 is 5.56 Å². The molecule has 0 spiro atoms. The van der Waals surface area contributed by atoms with Gasteiger partial charge in [-0.1, -0.05) is 5.11 Å². The van der Waals surface area contributed by atoms with Gasteiger partial charge in [0.05, 0.1) is 0 Å². The molecule has 0 amide bonds. The standard InChI is InChI=1S/C6H6N4O/c1-10-3-2-5(8-9-7)4-6(10)11/h2-4H,1H3. The highest BCUT2D eigenvalue weighted by molar-refractivity contribution is 5.33. The van der Waals surface area contributed by atoms with E-state index in [1.807, 2.05) is 0 Å². The Labute approximate surface area is 62.5 Å². The van der Waals surface area contributed by atoms with Gasteiger partial charge in [0.2, 0.25) is 0 Å². The minimum absolute atomic E-state index is 0.185. The smallest absolute Gasteiger partial charge is 0.250 e. The van der Waals surface area contributed by atoms with Crippen LogP contribution in [0.4, 0.5) is 5.69 Å². The summed E-state index contributed by atoms with van der Waals surface area (Å²) in [4.78, 5) is 13.4. The van der Waals surface area contributed by atoms with Crippen molar-refractivity contribution >= 4 is 5.69 Å². The molecule has 0 atom stereocenters. The van der Waals surface area contributed by atoms with Gasteiger partial charge < -0.3 is 4.57 Å². The molecule has 56 valence electrons. The van der Waals surface area contributed by atoms with E-state index in [9.17, 15) is 4.79 Å². The maximum Gasteiger partial charge on any atom is 0.250 e. The molecule has 1 rings (SSSR count). The Balaban J connectivity index is 3.26. The molecule has 11 heavy (non-hydrogen) atoms. The molecule has 0 aliphatic rings. The second kappa shape index (κ2) is 2.90. The fraction of sp³-hybridized carbons (Fsp3) is 0.167. The van der Waals surface area contributed by atoms with E-state index < -0.39 is 0 Å². The van der Waals surface area contributed by atoms with E-state index >= 15 is 0 Å². The molecule has 0 unspecified atom stereocenters. The largest absolute Gasteiger partial charge is 0.319 e. The minimum atomic E-state index is -0.185. The van der Waals surface area contributed by atoms with Crippen molar-refractivity contribution in [2.24, 2.45) is 12.2 Å². The Morgan fingerprint density at radius 3 is 3.00 bits per heavy atom. The van der Waals surface area contributed by atoms with Gasteiger partial charge in [0.1, 0.15) is 0 Å². The van der Waals surface area contributed by atoms with Gasteiger partial charge in [-0.2, -0.15) is 0 Å². The summed E-state index contributed by atoms with van der Waals surface area (Å²) in [6.07, 6.45) is 1.55. The first-order valence-electron chi connectivity index (χ1n) is 2.96. The highest BCUT2D eigenvalue weighted by Gasteiger charge is 1.90. The molecule has 5 heteroatoms. The molecule has 0 aliphatic carbocycles. The molecule has 0 saturated carbocycles. The van der Waals surface area contributed by atoms with Crippen molar-refractivity contribution < 1.29 is 0 Å². The van der Waals surface area contributed by atoms with Crippen LogP contribution in [-0.2, 0) is 7.05 Å². The summed E-state index contributed by atoms with van der Waals surface area (Å²) in [5.41, 5.74) is 8.19. The lowest BCUT2D eigenvalue weighted by molar-refractivity contribution is 0.860. The molecule has 0 fully saturated rings. The van der Waals surface area contributed by atoms with Crippen LogP contribution in [0.25, 0.3) is 10.4 Å². The van der Waals surface area contributed by atoms with Gasteiger partial charge in [-0.25, -0.2) is 0 Å². The van der Waals surface area contributed by atoms with E-state index in [0.717, 1.165) is 0 Å². The summed E-state index contributed by atoms with van der Waals surface area (Å²) in [6, 6.07) is 2.85. The number of nitrogens with zero attached hydrogens (tertiary/aromatic N) is 4. The second-order valence-electron chi connectivity index (χ2n) is 2.02. The lowest BCUT2D eigenvalue weighted by Gasteiger charge is -1.94. The van der Waals surface area contributed by atoms with E-state index in [1.54, 1.807) is 19.3 Å². The summed E-state index contributed by atoms with van der Waals surface area (Å²) in [7, 11) is 1.63. The zero-order valence-electron chi connectivity index (χ0n) is 5.93. The van der Waals surface area contributed by atoms with Gasteiger partial charge in [0.15, 0.2) is 0 Å². The van der Waals surface area contributed by atoms with Crippen molar-refractivity contribution in [3.63, 3.8) is 0 Å². The van der Waals surface area contributed by atoms with Gasteiger partial charge in [0.25, 0.3) is 5.56 Å². The van der Waals surface area contributed by atoms with Gasteiger partial charge in [-0.05, 0) is 11.6 Å². The molecule has 1 aromatic rings. The van der Waals surface area contributed by atoms with Gasteiger partial charge >= 0.3 is 0 Å². The molecule has 5 nitrogen and oxygen atoms in total. The SMILES string of the molecule is Cn1ccc(N=[N+]=[N-])cc1=O. The summed E-state index contributed by atoms with van der Waals surface area (Å²) >= 11 is 0. The van der Waals surface area contributed by atoms with Crippen molar-refractivity contribution in [1.29, 1.82) is 0 Å². The molecule has 0 aromatic carbocycles. The van der Waals surface area contributed by atoms with Crippen LogP contribution >= 0.6 is 0 Å². The molecule has 0 saturated heterocycles. The monoisotopic (exact) mass is 150 g/mol. The predicted molar refractivity (Wildman–Crippen MR) is 40.5 cm³/mol. The van der Waals surface area contributed by atoms with Crippen molar-refractivity contribution in [3.8, 4) is 0 Å². The van der Waals surface area contributed by atoms with E-state index in [4.69, 9.17) is 5.53 Å². The fourth-order valence-electron chi connectivity index (χ4n) is 0.652. The first-order valence-corrected chi connectivity index (χ1v) is 2.96. The lowest BCUT2D eigenvalue weighted by atomic mass is 10.4. The highest BCUT2D eigenvalue weighted by atomic mass is 16.1. The van der Waals surface area contributed by atoms with Crippen LogP contribution in [0.5, 0.6) is 0 Å². The number of aromatic nitrogens is 1. The van der Waals surface area contributed by atoms with Gasteiger partial charge in [0, 0.05) is 29.9 Å². The normalized spacial score (nSPS) is 8.82. The Hall–Kier alpha value is -1.74. The molecule has 0 aliphatic heterocycles. The Morgan fingerprint density at radius 1 is 1.73 bits per heavy atom. The number of aryl methyl sites for hydroxylation is 1. The number of hydrogen-bond donors (Lipinski definition) is 0. The average Bonchev–Trinajstić information content (AvgIpc) is 1.98. The van der Waals surface area contributed by atoms with Gasteiger partial charge in [-0.15, -0.1) is 0 Å². The Kier molecular flexibility index (Phi) is 1.94. The second-order valence-corrected chi connectivity index (χ2v) is 2.02. The Morgan fingerprint density at radius 2 is 2.45 bits per heavy atom. The molecule has 0 radical (unpaired) electrons. The lowest BCUT2D eigenvalue weighted by Crippen LogP contribution is -2.12. The summed E-state index contributed by atoms with van der Waals surface area (Å²) < 4.78 is 1.40. The van der Waals surface area contributed by atoms with Crippen molar-refractivity contribution in [1.82, 2.24) is 4.57 Å². The van der Waals surface area contributed by atoms with Crippen molar-refractivity contribution in [2.75, 3.05) is 0 Å². The molecular formula is C6H6N4O. The summed E-state index contributed by atoms with van der Waals surface area (Å²) in [6.45, 7) is 0. The third-order valence-electron chi connectivity index (χ3n) is 1.25. The minimum Gasteiger partial charge on any atom is -0.319 e. The van der Waals surface area contributed by atoms with Crippen LogP contribution in [0.3, 0.4) is 0 Å². The van der Waals surface area contributed by atoms with Gasteiger partial charge in [-0.3, -0.25) is 4.79 Å². The number of pyridine rings is 1. The number of azide groups is 1. The van der Waals surface area contributed by atoms with Crippen LogP contribution in [-0.4, -0.2) is 4.57 Å². The molecule has 0 bridgehead atoms. The maximum absolute atomic E-state index is 10.9. The fourth-order valence-corrected chi connectivity index (χ4v) is 0.652. The zero-order chi connectivity index (χ0) is 8.27. The Bertz CT molecular complexity index is 361. The first kappa shape index (κ1) is 7.37. The van der Waals surface area contributed by atoms with E-state index in [2.05, 4.69) is 10.0 Å². The van der Waals surface area contributed by atoms with Crippen LogP contribution in [0.1, 0.15) is 0 Å². The van der Waals surface area contributed by atoms with E-state index in [1.165, 1.54) is 10.6 Å². The third-order valence-corrected chi connectivity index (χ3v) is 1.25. The average molecular weight is 150 g/mol. The molecule has 1 aromatic heterocycles. The number of hydrogen-bond acceptors (Lipinski definition) is 2. The predicted octanol–water partition coefficient (Wildman–Crippen LogP) is 1.33. The number of rotatable bonds is 1. The maximum atomic E-state index is 10.9. The van der Waals surface area contributed by atoms with Crippen molar-refractivity contribution in [2.45, 2.75) is 0 Å². The summed E-state index contributed by atoms with van der Waals surface area (Å²) in [5.74, 6) is 0. The quantitative estimate of drug-likeness (QED) is 0.338. The van der Waals surface area contributed by atoms with E-state index in [-0.39, 0.29) is 5.56 Å². The highest BCUT2D eigenvalue weighted by Crippen LogP contribution is 2.05. The van der Waals surface area contributed by atoms with E-state index in [0.29, 0.717) is 5.69 Å². The van der Waals surface area contributed by atoms with Crippen molar-refractivity contribution in [3.05, 3.63) is 39.1 Å². The molecular weight excluding hydrogens is 144 g/mol. The first-order chi connectivity index (χ1) is 5.24.